The summed E-state index contributed by atoms with van der Waals surface area (Å²) < 4.78 is 74.0. The molecule has 3 aliphatic rings. The van der Waals surface area contributed by atoms with Crippen molar-refractivity contribution in [2.75, 3.05) is 6.54 Å². The molecule has 300 valence electrons. The van der Waals surface area contributed by atoms with Crippen molar-refractivity contribution in [3.8, 4) is 0 Å². The fourth-order valence-electron chi connectivity index (χ4n) is 9.57. The second-order valence-electron chi connectivity index (χ2n) is 15.3. The highest BCUT2D eigenvalue weighted by atomic mass is 32.2. The van der Waals surface area contributed by atoms with Crippen molar-refractivity contribution in [1.82, 2.24) is 4.57 Å². The molecular weight excluding hydrogens is 805 g/mol. The molecule has 3 N–H and O–H groups in total. The van der Waals surface area contributed by atoms with Gasteiger partial charge in [-0.2, -0.15) is 21.4 Å². The molecule has 59 heavy (non-hydrogen) atoms. The molecule has 10 nitrogen and oxygen atoms in total. The van der Waals surface area contributed by atoms with Gasteiger partial charge in [0.15, 0.2) is 0 Å². The average molecular weight is 846 g/mol. The first-order chi connectivity index (χ1) is 28.3. The number of fused-ring (bicyclic) bond motifs is 2. The normalized spacial score (nSPS) is 19.3. The lowest BCUT2D eigenvalue weighted by Gasteiger charge is -2.27. The third-order valence-corrected chi connectivity index (χ3v) is 15.0. The molecule has 1 aromatic heterocycles. The van der Waals surface area contributed by atoms with E-state index in [4.69, 9.17) is 0 Å². The Balaban J connectivity index is 1.23. The van der Waals surface area contributed by atoms with Crippen LogP contribution in [0, 0.1) is 11.8 Å². The number of hydrogen-bond acceptors (Lipinski definition) is 6. The van der Waals surface area contributed by atoms with Gasteiger partial charge >= 0.3 is 5.97 Å². The molecule has 13 heteroatoms. The summed E-state index contributed by atoms with van der Waals surface area (Å²) in [5.41, 5.74) is 6.67. The van der Waals surface area contributed by atoms with Gasteiger partial charge < -0.3 is 9.67 Å². The summed E-state index contributed by atoms with van der Waals surface area (Å²) in [7, 11) is -8.90. The molecule has 1 aliphatic heterocycles. The van der Waals surface area contributed by atoms with Crippen molar-refractivity contribution >= 4 is 87.9 Å². The van der Waals surface area contributed by atoms with Crippen LogP contribution in [0.5, 0.6) is 0 Å². The van der Waals surface area contributed by atoms with Crippen LogP contribution in [-0.2, 0) is 38.0 Å². The molecule has 1 fully saturated rings. The molecule has 2 atom stereocenters. The highest BCUT2D eigenvalue weighted by Crippen LogP contribution is 2.53. The van der Waals surface area contributed by atoms with Crippen LogP contribution in [0.1, 0.15) is 44.2 Å². The zero-order valence-corrected chi connectivity index (χ0v) is 34.7. The summed E-state index contributed by atoms with van der Waals surface area (Å²) in [4.78, 5) is 13.3. The number of thioether (sulfide) groups is 1. The van der Waals surface area contributed by atoms with E-state index in [9.17, 15) is 35.8 Å². The lowest BCUT2D eigenvalue weighted by atomic mass is 9.84. The first-order valence-corrected chi connectivity index (χ1v) is 23.3. The van der Waals surface area contributed by atoms with Crippen LogP contribution < -0.4 is 5.35 Å². The predicted octanol–water partition coefficient (Wildman–Crippen LogP) is 8.71. The summed E-state index contributed by atoms with van der Waals surface area (Å²) in [5, 5.41) is 13.7. The molecule has 2 unspecified atom stereocenters. The van der Waals surface area contributed by atoms with Crippen molar-refractivity contribution in [3.05, 3.63) is 136 Å². The van der Waals surface area contributed by atoms with E-state index in [1.807, 2.05) is 48.5 Å². The largest absolute Gasteiger partial charge is 0.481 e. The quantitative estimate of drug-likeness (QED) is 0.0859. The average Bonchev–Trinajstić information content (AvgIpc) is 3.86. The number of aliphatic carboxylic acids is 1. The second-order valence-corrected chi connectivity index (χ2v) is 19.1. The molecule has 0 saturated heterocycles. The Bertz CT molecular complexity index is 3190. The summed E-state index contributed by atoms with van der Waals surface area (Å²) in [6.45, 7) is 5.38. The third kappa shape index (κ3) is 6.74. The highest BCUT2D eigenvalue weighted by Gasteiger charge is 2.38. The third-order valence-electron chi connectivity index (χ3n) is 12.0. The fourth-order valence-corrected chi connectivity index (χ4v) is 12.2. The molecule has 5 aromatic carbocycles. The fraction of sp³-hybridized carbons (Fsp3) is 0.217. The van der Waals surface area contributed by atoms with Gasteiger partial charge in [0.1, 0.15) is 16.3 Å². The van der Waals surface area contributed by atoms with Crippen LogP contribution >= 0.6 is 11.8 Å². The Hall–Kier alpha value is -5.31. The van der Waals surface area contributed by atoms with E-state index in [1.165, 1.54) is 23.3 Å². The number of aryl methyl sites for hydroxylation is 1. The topological polar surface area (TPSA) is 154 Å². The molecular formula is C46H41N2O8S3+. The zero-order chi connectivity index (χ0) is 41.4. The predicted molar refractivity (Wildman–Crippen MR) is 232 cm³/mol. The maximum absolute atomic E-state index is 12.4. The maximum Gasteiger partial charge on any atom is 0.307 e. The first-order valence-electron chi connectivity index (χ1n) is 19.6. The molecule has 0 amide bonds. The minimum atomic E-state index is -4.45. The number of nitrogens with zero attached hydrogens (tertiary/aromatic N) is 2. The molecule has 1 saturated carbocycles. The van der Waals surface area contributed by atoms with Gasteiger partial charge in [-0.3, -0.25) is 13.9 Å². The standard InChI is InChI=1S/C46H40N2O8S3/c1-3-47-37(33-7-5-9-35-41(58(51,52)53)23-21-39(47)44(33)35)19-17-31-28-13-14-29(26-28)32(46(31)57-30-15-11-27(12-16-30)25-43(49)50)18-20-38-34-8-6-10-36-42(59(54,55)56)24-22-40(45(34)36)48(38)4-2/h5-12,15-24,28-29H,3-4,13-14,25-26H2,1-2H3,(H2-,49,50,51,52,53,54,55,56)/p+1. The van der Waals surface area contributed by atoms with Crippen molar-refractivity contribution < 1.29 is 40.4 Å². The van der Waals surface area contributed by atoms with Crippen LogP contribution in [0.3, 0.4) is 0 Å². The number of hydrogen-bond donors (Lipinski definition) is 3. The molecule has 2 aliphatic carbocycles. The van der Waals surface area contributed by atoms with Crippen molar-refractivity contribution in [2.45, 2.75) is 60.8 Å². The number of aromatic nitrogens is 1. The lowest BCUT2D eigenvalue weighted by Crippen LogP contribution is -2.16. The Kier molecular flexibility index (Phi) is 9.79. The van der Waals surface area contributed by atoms with E-state index in [1.54, 1.807) is 36.0 Å². The van der Waals surface area contributed by atoms with E-state index >= 15 is 0 Å². The monoisotopic (exact) mass is 845 g/mol. The molecule has 6 aromatic rings. The van der Waals surface area contributed by atoms with E-state index < -0.39 is 26.2 Å². The van der Waals surface area contributed by atoms with E-state index in [2.05, 4.69) is 47.3 Å². The zero-order valence-electron chi connectivity index (χ0n) is 32.3. The minimum absolute atomic E-state index is 0.0628. The van der Waals surface area contributed by atoms with Crippen LogP contribution in [0.4, 0.5) is 5.69 Å². The number of carbonyl (C=O) groups is 1. The maximum atomic E-state index is 12.4. The number of carboxylic acids is 1. The van der Waals surface area contributed by atoms with Gasteiger partial charge in [-0.15, -0.1) is 0 Å². The number of benzene rings is 5. The Morgan fingerprint density at radius 1 is 0.797 bits per heavy atom. The first kappa shape index (κ1) is 39.2. The molecule has 2 bridgehead atoms. The van der Waals surface area contributed by atoms with Crippen LogP contribution in [0.15, 0.2) is 134 Å². The van der Waals surface area contributed by atoms with Crippen LogP contribution in [0.25, 0.3) is 38.5 Å². The van der Waals surface area contributed by atoms with Crippen LogP contribution in [-0.4, -0.2) is 58.4 Å². The molecule has 2 heterocycles. The number of rotatable bonds is 11. The Morgan fingerprint density at radius 3 is 2.14 bits per heavy atom. The van der Waals surface area contributed by atoms with Crippen molar-refractivity contribution in [3.63, 3.8) is 0 Å². The van der Waals surface area contributed by atoms with E-state index in [0.717, 1.165) is 78.6 Å². The van der Waals surface area contributed by atoms with E-state index in [-0.39, 0.29) is 16.2 Å². The van der Waals surface area contributed by atoms with Gasteiger partial charge in [0.05, 0.1) is 17.4 Å². The smallest absolute Gasteiger partial charge is 0.307 e. The Morgan fingerprint density at radius 2 is 1.46 bits per heavy atom. The number of carboxylic acid groups (broad SMARTS) is 1. The Labute approximate surface area is 346 Å². The SMILES string of the molecule is CCn1/c(=C/C=C2C(Sc3ccc(CC(=O)O)cc3)=C(/C=C/C3=[N+](CC)c4ccc(S(=O)(=O)O)c5cccc3c45)C3CCC/2C3)c2cccc3c(S(=O)(=O)O)ccc1c32. The molecule has 0 radical (unpaired) electrons. The van der Waals surface area contributed by atoms with Crippen molar-refractivity contribution in [2.24, 2.45) is 11.8 Å². The number of allylic oxidation sites excluding steroid dienone is 5. The van der Waals surface area contributed by atoms with Gasteiger partial charge in [-0.05, 0) is 104 Å². The summed E-state index contributed by atoms with van der Waals surface area (Å²) in [5.74, 6) is -0.293. The van der Waals surface area contributed by atoms with Gasteiger partial charge in [0, 0.05) is 60.9 Å². The second kappa shape index (κ2) is 14.8. The molecule has 0 spiro atoms. The van der Waals surface area contributed by atoms with Gasteiger partial charge in [0.25, 0.3) is 20.2 Å². The summed E-state index contributed by atoms with van der Waals surface area (Å²) >= 11 is 1.66. The van der Waals surface area contributed by atoms with Crippen LogP contribution in [0.2, 0.25) is 0 Å². The van der Waals surface area contributed by atoms with Crippen molar-refractivity contribution in [1.29, 1.82) is 0 Å². The summed E-state index contributed by atoms with van der Waals surface area (Å²) in [6.07, 6.45) is 11.6. The van der Waals surface area contributed by atoms with Gasteiger partial charge in [-0.25, -0.2) is 0 Å². The lowest BCUT2D eigenvalue weighted by molar-refractivity contribution is -0.430. The van der Waals surface area contributed by atoms with Gasteiger partial charge in [0.2, 0.25) is 11.4 Å². The van der Waals surface area contributed by atoms with E-state index in [0.29, 0.717) is 35.7 Å². The molecule has 9 rings (SSSR count). The minimum Gasteiger partial charge on any atom is -0.481 e. The van der Waals surface area contributed by atoms with Gasteiger partial charge in [-0.1, -0.05) is 66.4 Å². The highest BCUT2D eigenvalue weighted by molar-refractivity contribution is 8.03. The summed E-state index contributed by atoms with van der Waals surface area (Å²) in [6, 6.07) is 25.2.